The van der Waals surface area contributed by atoms with Crippen molar-refractivity contribution in [1.82, 2.24) is 5.32 Å². The molecular weight excluding hydrogens is 188 g/mol. The van der Waals surface area contributed by atoms with E-state index in [1.807, 2.05) is 6.07 Å². The molecular formula is C12H20N2O. The van der Waals surface area contributed by atoms with Crippen molar-refractivity contribution in [2.24, 2.45) is 5.73 Å². The van der Waals surface area contributed by atoms with E-state index in [9.17, 15) is 0 Å². The summed E-state index contributed by atoms with van der Waals surface area (Å²) < 4.78 is 5.30. The standard InChI is InChI=1S/C12H20N2O/c1-9-4-5-12(15-3)11(6-9)8-14-10(2)7-13/h4-6,10,14H,7-8,13H2,1-3H3/t10-/m0/s1. The van der Waals surface area contributed by atoms with Crippen LogP contribution in [0, 0.1) is 6.92 Å². The fraction of sp³-hybridized carbons (Fsp3) is 0.500. The Hall–Kier alpha value is -1.06. The van der Waals surface area contributed by atoms with E-state index in [-0.39, 0.29) is 0 Å². The summed E-state index contributed by atoms with van der Waals surface area (Å²) >= 11 is 0. The summed E-state index contributed by atoms with van der Waals surface area (Å²) in [6.07, 6.45) is 0. The third-order valence-electron chi connectivity index (χ3n) is 2.43. The van der Waals surface area contributed by atoms with Crippen molar-refractivity contribution in [2.45, 2.75) is 26.4 Å². The van der Waals surface area contributed by atoms with E-state index in [0.717, 1.165) is 12.3 Å². The zero-order chi connectivity index (χ0) is 11.3. The maximum atomic E-state index is 5.54. The molecule has 0 aliphatic carbocycles. The Morgan fingerprint density at radius 2 is 2.20 bits per heavy atom. The van der Waals surface area contributed by atoms with Crippen LogP contribution in [0.25, 0.3) is 0 Å². The molecule has 3 heteroatoms. The van der Waals surface area contributed by atoms with Crippen LogP contribution in [0.2, 0.25) is 0 Å². The highest BCUT2D eigenvalue weighted by Crippen LogP contribution is 2.19. The van der Waals surface area contributed by atoms with E-state index in [0.29, 0.717) is 12.6 Å². The monoisotopic (exact) mass is 208 g/mol. The second-order valence-electron chi connectivity index (χ2n) is 3.83. The van der Waals surface area contributed by atoms with Gasteiger partial charge in [-0.25, -0.2) is 0 Å². The van der Waals surface area contributed by atoms with Crippen LogP contribution in [-0.4, -0.2) is 19.7 Å². The average molecular weight is 208 g/mol. The summed E-state index contributed by atoms with van der Waals surface area (Å²) in [6.45, 7) is 5.59. The number of nitrogens with one attached hydrogen (secondary N) is 1. The molecule has 0 bridgehead atoms. The minimum absolute atomic E-state index is 0.329. The van der Waals surface area contributed by atoms with Gasteiger partial charge in [-0.3, -0.25) is 0 Å². The Labute approximate surface area is 91.6 Å². The van der Waals surface area contributed by atoms with Crippen LogP contribution in [-0.2, 0) is 6.54 Å². The predicted molar refractivity (Wildman–Crippen MR) is 63.1 cm³/mol. The second-order valence-corrected chi connectivity index (χ2v) is 3.83. The Balaban J connectivity index is 2.69. The molecule has 0 unspecified atom stereocenters. The Bertz CT molecular complexity index is 312. The summed E-state index contributed by atoms with van der Waals surface area (Å²) in [4.78, 5) is 0. The van der Waals surface area contributed by atoms with Crippen LogP contribution < -0.4 is 15.8 Å². The van der Waals surface area contributed by atoms with Crippen molar-refractivity contribution in [3.63, 3.8) is 0 Å². The molecule has 0 fully saturated rings. The van der Waals surface area contributed by atoms with Crippen LogP contribution in [0.5, 0.6) is 5.75 Å². The fourth-order valence-corrected chi connectivity index (χ4v) is 1.41. The van der Waals surface area contributed by atoms with E-state index in [4.69, 9.17) is 10.5 Å². The minimum Gasteiger partial charge on any atom is -0.496 e. The summed E-state index contributed by atoms with van der Waals surface area (Å²) in [6, 6.07) is 6.51. The molecule has 3 N–H and O–H groups in total. The lowest BCUT2D eigenvalue weighted by atomic mass is 10.1. The minimum atomic E-state index is 0.329. The van der Waals surface area contributed by atoms with Gasteiger partial charge in [0.25, 0.3) is 0 Å². The number of hydrogen-bond donors (Lipinski definition) is 2. The highest BCUT2D eigenvalue weighted by atomic mass is 16.5. The SMILES string of the molecule is COc1ccc(C)cc1CN[C@@H](C)CN. The predicted octanol–water partition coefficient (Wildman–Crippen LogP) is 1.44. The molecule has 0 radical (unpaired) electrons. The van der Waals surface area contributed by atoms with Gasteiger partial charge in [0, 0.05) is 24.7 Å². The van der Waals surface area contributed by atoms with Gasteiger partial charge in [0.1, 0.15) is 5.75 Å². The number of hydrogen-bond acceptors (Lipinski definition) is 3. The van der Waals surface area contributed by atoms with E-state index in [2.05, 4.69) is 31.3 Å². The van der Waals surface area contributed by atoms with Gasteiger partial charge in [0.05, 0.1) is 7.11 Å². The molecule has 0 saturated heterocycles. The molecule has 0 aliphatic rings. The zero-order valence-corrected chi connectivity index (χ0v) is 9.71. The maximum absolute atomic E-state index is 5.54. The van der Waals surface area contributed by atoms with Crippen molar-refractivity contribution in [3.8, 4) is 5.75 Å². The largest absolute Gasteiger partial charge is 0.496 e. The summed E-state index contributed by atoms with van der Waals surface area (Å²) in [5.74, 6) is 0.928. The topological polar surface area (TPSA) is 47.3 Å². The lowest BCUT2D eigenvalue weighted by molar-refractivity contribution is 0.406. The molecule has 1 atom stereocenters. The number of rotatable bonds is 5. The van der Waals surface area contributed by atoms with Crippen LogP contribution >= 0.6 is 0 Å². The molecule has 84 valence electrons. The van der Waals surface area contributed by atoms with E-state index < -0.39 is 0 Å². The first-order valence-corrected chi connectivity index (χ1v) is 5.24. The first-order chi connectivity index (χ1) is 7.17. The van der Waals surface area contributed by atoms with Gasteiger partial charge in [-0.1, -0.05) is 17.7 Å². The normalized spacial score (nSPS) is 12.5. The quantitative estimate of drug-likeness (QED) is 0.769. The molecule has 1 rings (SSSR count). The average Bonchev–Trinajstić information content (AvgIpc) is 2.26. The Kier molecular flexibility index (Phi) is 4.59. The highest BCUT2D eigenvalue weighted by Gasteiger charge is 2.04. The maximum Gasteiger partial charge on any atom is 0.123 e. The Morgan fingerprint density at radius 3 is 2.80 bits per heavy atom. The molecule has 0 heterocycles. The summed E-state index contributed by atoms with van der Waals surface area (Å²) in [5, 5.41) is 3.35. The van der Waals surface area contributed by atoms with Gasteiger partial charge >= 0.3 is 0 Å². The summed E-state index contributed by atoms with van der Waals surface area (Å²) in [5.41, 5.74) is 7.96. The molecule has 1 aromatic rings. The number of ether oxygens (including phenoxy) is 1. The number of aryl methyl sites for hydroxylation is 1. The van der Waals surface area contributed by atoms with Crippen LogP contribution in [0.4, 0.5) is 0 Å². The van der Waals surface area contributed by atoms with Gasteiger partial charge in [-0.15, -0.1) is 0 Å². The third kappa shape index (κ3) is 3.53. The molecule has 15 heavy (non-hydrogen) atoms. The lowest BCUT2D eigenvalue weighted by Crippen LogP contribution is -2.32. The molecule has 0 amide bonds. The molecule has 0 spiro atoms. The highest BCUT2D eigenvalue weighted by molar-refractivity contribution is 5.36. The van der Waals surface area contributed by atoms with Crippen LogP contribution in [0.1, 0.15) is 18.1 Å². The molecule has 0 aromatic heterocycles. The van der Waals surface area contributed by atoms with Crippen molar-refractivity contribution in [3.05, 3.63) is 29.3 Å². The van der Waals surface area contributed by atoms with Crippen molar-refractivity contribution >= 4 is 0 Å². The second kappa shape index (κ2) is 5.73. The van der Waals surface area contributed by atoms with Crippen molar-refractivity contribution in [2.75, 3.05) is 13.7 Å². The molecule has 0 aliphatic heterocycles. The van der Waals surface area contributed by atoms with Gasteiger partial charge in [-0.2, -0.15) is 0 Å². The summed E-state index contributed by atoms with van der Waals surface area (Å²) in [7, 11) is 1.69. The van der Waals surface area contributed by atoms with Gasteiger partial charge in [0.15, 0.2) is 0 Å². The smallest absolute Gasteiger partial charge is 0.123 e. The first-order valence-electron chi connectivity index (χ1n) is 5.24. The molecule has 1 aromatic carbocycles. The fourth-order valence-electron chi connectivity index (χ4n) is 1.41. The number of methoxy groups -OCH3 is 1. The zero-order valence-electron chi connectivity index (χ0n) is 9.71. The number of benzene rings is 1. The molecule has 3 nitrogen and oxygen atoms in total. The van der Waals surface area contributed by atoms with E-state index >= 15 is 0 Å². The van der Waals surface area contributed by atoms with Gasteiger partial charge < -0.3 is 15.8 Å². The van der Waals surface area contributed by atoms with Gasteiger partial charge in [-0.05, 0) is 19.9 Å². The number of nitrogens with two attached hydrogens (primary N) is 1. The van der Waals surface area contributed by atoms with E-state index in [1.54, 1.807) is 7.11 Å². The first kappa shape index (κ1) is 12.0. The lowest BCUT2D eigenvalue weighted by Gasteiger charge is -2.14. The van der Waals surface area contributed by atoms with Gasteiger partial charge in [0.2, 0.25) is 0 Å². The van der Waals surface area contributed by atoms with Crippen molar-refractivity contribution < 1.29 is 4.74 Å². The molecule has 0 saturated carbocycles. The van der Waals surface area contributed by atoms with Crippen LogP contribution in [0.3, 0.4) is 0 Å². The van der Waals surface area contributed by atoms with Crippen LogP contribution in [0.15, 0.2) is 18.2 Å². The Morgan fingerprint density at radius 1 is 1.47 bits per heavy atom. The van der Waals surface area contributed by atoms with Crippen molar-refractivity contribution in [1.29, 1.82) is 0 Å². The van der Waals surface area contributed by atoms with E-state index in [1.165, 1.54) is 11.1 Å². The third-order valence-corrected chi connectivity index (χ3v) is 2.43.